The molecule has 3 nitrogen and oxygen atoms in total. The lowest BCUT2D eigenvalue weighted by Gasteiger charge is -2.35. The third kappa shape index (κ3) is 2.51. The predicted molar refractivity (Wildman–Crippen MR) is 83.7 cm³/mol. The molecule has 0 radical (unpaired) electrons. The Morgan fingerprint density at radius 1 is 1.45 bits per heavy atom. The van der Waals surface area contributed by atoms with Gasteiger partial charge in [-0.1, -0.05) is 28.1 Å². The topological polar surface area (TPSA) is 32.3 Å². The molecular formula is C16H21BrN2O. The first-order valence-corrected chi connectivity index (χ1v) is 8.18. The third-order valence-electron chi connectivity index (χ3n) is 4.65. The van der Waals surface area contributed by atoms with Gasteiger partial charge in [0.25, 0.3) is 0 Å². The maximum absolute atomic E-state index is 12.9. The second-order valence-electron chi connectivity index (χ2n) is 5.97. The minimum atomic E-state index is -0.237. The molecule has 1 amide bonds. The third-order valence-corrected chi connectivity index (χ3v) is 5.15. The van der Waals surface area contributed by atoms with Crippen LogP contribution in [-0.4, -0.2) is 37.0 Å². The second kappa shape index (κ2) is 5.49. The van der Waals surface area contributed by atoms with Crippen molar-refractivity contribution in [3.8, 4) is 0 Å². The number of carbonyl (C=O) groups excluding carboxylic acids is 1. The van der Waals surface area contributed by atoms with Crippen molar-refractivity contribution in [3.63, 3.8) is 0 Å². The fourth-order valence-electron chi connectivity index (χ4n) is 3.24. The number of rotatable bonds is 3. The molecule has 20 heavy (non-hydrogen) atoms. The Kier molecular flexibility index (Phi) is 3.87. The summed E-state index contributed by atoms with van der Waals surface area (Å²) in [5.41, 5.74) is 0.933. The van der Waals surface area contributed by atoms with Gasteiger partial charge >= 0.3 is 0 Å². The highest BCUT2D eigenvalue weighted by Crippen LogP contribution is 2.50. The van der Waals surface area contributed by atoms with E-state index in [4.69, 9.17) is 0 Å². The Morgan fingerprint density at radius 3 is 2.90 bits per heavy atom. The smallest absolute Gasteiger partial charge is 0.233 e. The van der Waals surface area contributed by atoms with E-state index in [1.807, 2.05) is 19.2 Å². The highest BCUT2D eigenvalue weighted by atomic mass is 79.9. The Morgan fingerprint density at radius 2 is 2.25 bits per heavy atom. The molecule has 1 aromatic carbocycles. The van der Waals surface area contributed by atoms with E-state index in [2.05, 4.69) is 38.3 Å². The number of amides is 1. The van der Waals surface area contributed by atoms with Crippen molar-refractivity contribution in [2.24, 2.45) is 0 Å². The lowest BCUT2D eigenvalue weighted by atomic mass is 9.93. The molecule has 0 bridgehead atoms. The Balaban J connectivity index is 1.79. The fraction of sp³-hybridized carbons (Fsp3) is 0.562. The Bertz CT molecular complexity index is 513. The summed E-state index contributed by atoms with van der Waals surface area (Å²) in [6, 6.07) is 8.69. The van der Waals surface area contributed by atoms with Crippen LogP contribution in [-0.2, 0) is 10.2 Å². The van der Waals surface area contributed by atoms with Crippen LogP contribution < -0.4 is 5.32 Å². The monoisotopic (exact) mass is 336 g/mol. The van der Waals surface area contributed by atoms with E-state index in [0.717, 1.165) is 36.8 Å². The van der Waals surface area contributed by atoms with Gasteiger partial charge in [-0.2, -0.15) is 0 Å². The van der Waals surface area contributed by atoms with Gasteiger partial charge in [0.05, 0.1) is 5.41 Å². The fourth-order valence-corrected chi connectivity index (χ4v) is 3.64. The van der Waals surface area contributed by atoms with Crippen LogP contribution >= 0.6 is 15.9 Å². The number of nitrogens with zero attached hydrogens (tertiary/aromatic N) is 1. The summed E-state index contributed by atoms with van der Waals surface area (Å²) in [4.78, 5) is 15.0. The molecule has 1 aromatic rings. The number of hydrogen-bond acceptors (Lipinski definition) is 2. The van der Waals surface area contributed by atoms with Gasteiger partial charge in [-0.15, -0.1) is 0 Å². The molecular weight excluding hydrogens is 316 g/mol. The molecule has 2 aliphatic rings. The van der Waals surface area contributed by atoms with Gasteiger partial charge < -0.3 is 10.2 Å². The average molecular weight is 337 g/mol. The number of piperidine rings is 1. The number of halogens is 1. The van der Waals surface area contributed by atoms with E-state index in [9.17, 15) is 4.79 Å². The van der Waals surface area contributed by atoms with E-state index >= 15 is 0 Å². The van der Waals surface area contributed by atoms with Crippen molar-refractivity contribution in [1.82, 2.24) is 10.2 Å². The molecule has 1 atom stereocenters. The normalized spacial score (nSPS) is 24.5. The van der Waals surface area contributed by atoms with Crippen LogP contribution in [0, 0.1) is 0 Å². The minimum Gasteiger partial charge on any atom is -0.340 e. The van der Waals surface area contributed by atoms with Gasteiger partial charge in [0.2, 0.25) is 5.91 Å². The highest BCUT2D eigenvalue weighted by molar-refractivity contribution is 9.10. The highest BCUT2D eigenvalue weighted by Gasteiger charge is 2.53. The number of hydrogen-bond donors (Lipinski definition) is 1. The van der Waals surface area contributed by atoms with Crippen LogP contribution in [0.5, 0.6) is 0 Å². The van der Waals surface area contributed by atoms with Crippen LogP contribution in [0.2, 0.25) is 0 Å². The van der Waals surface area contributed by atoms with E-state index < -0.39 is 0 Å². The minimum absolute atomic E-state index is 0.237. The summed E-state index contributed by atoms with van der Waals surface area (Å²) in [6.07, 6.45) is 4.25. The molecule has 1 N–H and O–H groups in total. The van der Waals surface area contributed by atoms with Gasteiger partial charge in [0.1, 0.15) is 0 Å². The number of carbonyl (C=O) groups is 1. The van der Waals surface area contributed by atoms with Gasteiger partial charge in [0.15, 0.2) is 0 Å². The predicted octanol–water partition coefficient (Wildman–Crippen LogP) is 2.69. The van der Waals surface area contributed by atoms with Gasteiger partial charge in [-0.05, 0) is 50.4 Å². The maximum atomic E-state index is 12.9. The van der Waals surface area contributed by atoms with E-state index in [1.54, 1.807) is 0 Å². The number of benzene rings is 1. The van der Waals surface area contributed by atoms with Gasteiger partial charge in [-0.25, -0.2) is 0 Å². The summed E-state index contributed by atoms with van der Waals surface area (Å²) in [5, 5.41) is 3.31. The molecule has 1 saturated carbocycles. The van der Waals surface area contributed by atoms with Crippen LogP contribution in [0.1, 0.15) is 31.2 Å². The van der Waals surface area contributed by atoms with Crippen molar-refractivity contribution in [1.29, 1.82) is 0 Å². The van der Waals surface area contributed by atoms with Crippen molar-refractivity contribution in [2.45, 2.75) is 37.1 Å². The van der Waals surface area contributed by atoms with Crippen LogP contribution in [0.3, 0.4) is 0 Å². The van der Waals surface area contributed by atoms with Crippen LogP contribution in [0.4, 0.5) is 0 Å². The van der Waals surface area contributed by atoms with Crippen molar-refractivity contribution >= 4 is 21.8 Å². The van der Waals surface area contributed by atoms with Crippen LogP contribution in [0.15, 0.2) is 28.7 Å². The molecule has 3 rings (SSSR count). The summed E-state index contributed by atoms with van der Waals surface area (Å²) in [7, 11) is 1.99. The zero-order valence-corrected chi connectivity index (χ0v) is 13.4. The Labute approximate surface area is 128 Å². The average Bonchev–Trinajstić information content (AvgIpc) is 3.28. The zero-order chi connectivity index (χ0) is 14.2. The summed E-state index contributed by atoms with van der Waals surface area (Å²) >= 11 is 3.51. The van der Waals surface area contributed by atoms with Crippen LogP contribution in [0.25, 0.3) is 0 Å². The standard InChI is InChI=1S/C16H21BrN2O/c1-18-14-6-3-9-19(11-14)15(20)16(7-8-16)12-4-2-5-13(17)10-12/h2,4-5,10,14,18H,3,6-9,11H2,1H3. The quantitative estimate of drug-likeness (QED) is 0.920. The SMILES string of the molecule is CNC1CCCN(C(=O)C2(c3cccc(Br)c3)CC2)C1. The largest absolute Gasteiger partial charge is 0.340 e. The molecule has 0 aromatic heterocycles. The van der Waals surface area contributed by atoms with Gasteiger partial charge in [-0.3, -0.25) is 4.79 Å². The number of likely N-dealkylation sites (N-methyl/N-ethyl adjacent to an activating group) is 1. The molecule has 0 spiro atoms. The molecule has 1 unspecified atom stereocenters. The second-order valence-corrected chi connectivity index (χ2v) is 6.89. The summed E-state index contributed by atoms with van der Waals surface area (Å²) in [6.45, 7) is 1.76. The molecule has 1 saturated heterocycles. The van der Waals surface area contributed by atoms with Gasteiger partial charge in [0, 0.05) is 23.6 Å². The Hall–Kier alpha value is -0.870. The van der Waals surface area contributed by atoms with Crippen molar-refractivity contribution in [2.75, 3.05) is 20.1 Å². The molecule has 1 aliphatic carbocycles. The number of likely N-dealkylation sites (tertiary alicyclic amines) is 1. The molecule has 2 fully saturated rings. The van der Waals surface area contributed by atoms with E-state index in [-0.39, 0.29) is 5.41 Å². The first-order valence-electron chi connectivity index (χ1n) is 7.38. The molecule has 1 aliphatic heterocycles. The maximum Gasteiger partial charge on any atom is 0.233 e. The first-order chi connectivity index (χ1) is 9.65. The molecule has 4 heteroatoms. The van der Waals surface area contributed by atoms with Crippen molar-refractivity contribution < 1.29 is 4.79 Å². The lowest BCUT2D eigenvalue weighted by molar-refractivity contribution is -0.135. The van der Waals surface area contributed by atoms with E-state index in [1.165, 1.54) is 12.0 Å². The summed E-state index contributed by atoms with van der Waals surface area (Å²) < 4.78 is 1.06. The number of nitrogens with one attached hydrogen (secondary N) is 1. The molecule has 108 valence electrons. The zero-order valence-electron chi connectivity index (χ0n) is 11.9. The van der Waals surface area contributed by atoms with E-state index in [0.29, 0.717) is 11.9 Å². The van der Waals surface area contributed by atoms with Crippen molar-refractivity contribution in [3.05, 3.63) is 34.3 Å². The summed E-state index contributed by atoms with van der Waals surface area (Å²) in [5.74, 6) is 0.329. The molecule has 1 heterocycles. The lowest BCUT2D eigenvalue weighted by Crippen LogP contribution is -2.50. The first kappa shape index (κ1) is 14.1.